The van der Waals surface area contributed by atoms with E-state index in [-0.39, 0.29) is 38.9 Å². The van der Waals surface area contributed by atoms with Gasteiger partial charge in [0.2, 0.25) is 0 Å². The molecule has 0 spiro atoms. The molecule has 0 bridgehead atoms. The number of para-hydroxylation sites is 2. The minimum atomic E-state index is -0.778. The lowest BCUT2D eigenvalue weighted by Crippen LogP contribution is -2.61. The van der Waals surface area contributed by atoms with Gasteiger partial charge in [-0.1, -0.05) is 337 Å². The van der Waals surface area contributed by atoms with Gasteiger partial charge in [0.25, 0.3) is 6.71 Å². The molecule has 0 saturated heterocycles. The molecule has 0 fully saturated rings. The zero-order valence-corrected chi connectivity index (χ0v) is 63.5. The van der Waals surface area contributed by atoms with Crippen molar-refractivity contribution < 1.29 is 24.7 Å². The standard InChI is InChI=1S/C103H89BN6/c1-100(2,3)75-55-73(56-76(60-75)101(4,5)6)74-58-92-94-93(59-74)110(96-84(69-41-25-16-26-42-69)63-78(103(10,11)12)64-85(96)99-106-97(70-43-27-17-28-44-70)105-98(107-99)71-45-29-18-30-46-71)91-65-79(108-88-49-33-31-47-80(88)81-48-32-34-50-89(81)108)52-54-87(91)104(94)86-53-51-72(66-35-19-13-20-36-66)57-90(86)109(92)95-82(67-37-21-14-22-38-67)61-77(102(7,8)9)62-83(95)68-39-23-15-24-40-68/h13-65H,1-12H3/i17D,18D,27D,28D,29D,30D,31D,32D,33D,34D,43D,44D,45D,46D,47D,48D,49D,50D. The Morgan fingerprint density at radius 3 is 1.08 bits per heavy atom. The third-order valence-electron chi connectivity index (χ3n) is 21.4. The number of hydrogen-bond donors (Lipinski definition) is 0. The van der Waals surface area contributed by atoms with Crippen LogP contribution in [0.3, 0.4) is 0 Å². The first kappa shape index (κ1) is 51.8. The first-order chi connectivity index (χ1) is 60.5. The van der Waals surface area contributed by atoms with Crippen LogP contribution in [0.25, 0.3) is 117 Å². The lowest BCUT2D eigenvalue weighted by atomic mass is 9.33. The van der Waals surface area contributed by atoms with Gasteiger partial charge in [-0.2, -0.15) is 0 Å². The van der Waals surface area contributed by atoms with Crippen LogP contribution in [0.15, 0.2) is 321 Å². The van der Waals surface area contributed by atoms with E-state index >= 15 is 0 Å². The summed E-state index contributed by atoms with van der Waals surface area (Å²) in [7, 11) is 0. The van der Waals surface area contributed by atoms with Gasteiger partial charge in [-0.3, -0.25) is 0 Å². The molecule has 18 rings (SSSR count). The number of anilines is 6. The highest BCUT2D eigenvalue weighted by Gasteiger charge is 2.47. The van der Waals surface area contributed by atoms with Crippen molar-refractivity contribution in [1.29, 1.82) is 0 Å². The van der Waals surface area contributed by atoms with Crippen molar-refractivity contribution in [1.82, 2.24) is 19.5 Å². The van der Waals surface area contributed by atoms with Crippen LogP contribution in [-0.4, -0.2) is 26.2 Å². The molecule has 0 unspecified atom stereocenters. The first-order valence-electron chi connectivity index (χ1n) is 46.3. The second-order valence-corrected chi connectivity index (χ2v) is 32.7. The maximum absolute atomic E-state index is 10.0. The molecule has 16 aromatic rings. The van der Waals surface area contributed by atoms with E-state index in [1.165, 1.54) is 4.57 Å². The minimum Gasteiger partial charge on any atom is -0.310 e. The number of hydrogen-bond acceptors (Lipinski definition) is 5. The Balaban J connectivity index is 1.11. The molecule has 2 aromatic heterocycles. The average Bonchev–Trinajstić information content (AvgIpc) is 0.834. The van der Waals surface area contributed by atoms with Gasteiger partial charge in [-0.05, 0) is 166 Å². The quantitative estimate of drug-likeness (QED) is 0.121. The van der Waals surface area contributed by atoms with E-state index < -0.39 is 160 Å². The van der Waals surface area contributed by atoms with Crippen molar-refractivity contribution in [3.63, 3.8) is 0 Å². The minimum absolute atomic E-state index is 0.127. The molecule has 110 heavy (non-hydrogen) atoms. The summed E-state index contributed by atoms with van der Waals surface area (Å²) in [5.41, 5.74) is 15.3. The van der Waals surface area contributed by atoms with Gasteiger partial charge in [0.1, 0.15) is 0 Å². The zero-order valence-electron chi connectivity index (χ0n) is 81.5. The van der Waals surface area contributed by atoms with Crippen LogP contribution in [0.1, 0.15) is 130 Å². The highest BCUT2D eigenvalue weighted by atomic mass is 15.2. The maximum Gasteiger partial charge on any atom is 0.252 e. The molecule has 0 amide bonds. The molecule has 6 nitrogen and oxygen atoms in total. The summed E-state index contributed by atoms with van der Waals surface area (Å²) < 4.78 is 171. The summed E-state index contributed by atoms with van der Waals surface area (Å²) in [6.07, 6.45) is 0. The normalized spacial score (nSPS) is 15.1. The van der Waals surface area contributed by atoms with Gasteiger partial charge in [-0.15, -0.1) is 0 Å². The fourth-order valence-corrected chi connectivity index (χ4v) is 15.7. The number of aromatic nitrogens is 4. The predicted molar refractivity (Wildman–Crippen MR) is 466 cm³/mol. The van der Waals surface area contributed by atoms with Gasteiger partial charge < -0.3 is 14.4 Å². The average molecular weight is 1440 g/mol. The maximum atomic E-state index is 10.0. The molecule has 534 valence electrons. The van der Waals surface area contributed by atoms with Crippen molar-refractivity contribution in [2.24, 2.45) is 0 Å². The lowest BCUT2D eigenvalue weighted by Gasteiger charge is -2.46. The Kier molecular flexibility index (Phi) is 12.6. The Bertz CT molecular complexity index is 7090. The Morgan fingerprint density at radius 1 is 0.282 bits per heavy atom. The van der Waals surface area contributed by atoms with Crippen molar-refractivity contribution in [2.45, 2.75) is 105 Å². The molecule has 0 atom stereocenters. The van der Waals surface area contributed by atoms with Crippen molar-refractivity contribution in [3.05, 3.63) is 343 Å². The number of rotatable bonds is 11. The van der Waals surface area contributed by atoms with Gasteiger partial charge in [0.15, 0.2) is 17.5 Å². The van der Waals surface area contributed by atoms with Crippen LogP contribution in [0.5, 0.6) is 0 Å². The van der Waals surface area contributed by atoms with E-state index in [2.05, 4.69) is 200 Å². The van der Waals surface area contributed by atoms with Gasteiger partial charge >= 0.3 is 0 Å². The van der Waals surface area contributed by atoms with E-state index in [0.29, 0.717) is 39.2 Å². The number of nitrogens with zero attached hydrogens (tertiary/aromatic N) is 6. The summed E-state index contributed by atoms with van der Waals surface area (Å²) >= 11 is 0. The van der Waals surface area contributed by atoms with Crippen molar-refractivity contribution in [2.75, 3.05) is 9.80 Å². The molecule has 0 N–H and O–H groups in total. The monoisotopic (exact) mass is 1440 g/mol. The van der Waals surface area contributed by atoms with Gasteiger partial charge in [-0.25, -0.2) is 15.0 Å². The molecule has 14 aromatic carbocycles. The summed E-state index contributed by atoms with van der Waals surface area (Å²) in [5.74, 6) is -1.24. The molecule has 7 heteroatoms. The Hall–Kier alpha value is -12.4. The second-order valence-electron chi connectivity index (χ2n) is 32.7. The summed E-state index contributed by atoms with van der Waals surface area (Å²) in [6.45, 7) is 25.2. The van der Waals surface area contributed by atoms with E-state index in [0.717, 1.165) is 89.2 Å². The van der Waals surface area contributed by atoms with Crippen LogP contribution in [0.2, 0.25) is 0 Å². The second kappa shape index (κ2) is 26.7. The van der Waals surface area contributed by atoms with Gasteiger partial charge in [0.05, 0.1) is 47.1 Å². The Morgan fingerprint density at radius 2 is 0.636 bits per heavy atom. The fraction of sp³-hybridized carbons (Fsp3) is 0.155. The molecule has 0 radical (unpaired) electrons. The third-order valence-corrected chi connectivity index (χ3v) is 21.4. The van der Waals surface area contributed by atoms with E-state index in [1.807, 2.05) is 106 Å². The highest BCUT2D eigenvalue weighted by Crippen LogP contribution is 2.56. The summed E-state index contributed by atoms with van der Waals surface area (Å²) in [4.78, 5) is 20.2. The summed E-state index contributed by atoms with van der Waals surface area (Å²) in [6, 6.07) is 61.4. The molecule has 2 aliphatic rings. The van der Waals surface area contributed by atoms with Crippen LogP contribution in [0, 0.1) is 0 Å². The molecular formula is C103H89BN6. The van der Waals surface area contributed by atoms with Crippen molar-refractivity contribution in [3.8, 4) is 95.5 Å². The van der Waals surface area contributed by atoms with E-state index in [4.69, 9.17) is 17.7 Å². The van der Waals surface area contributed by atoms with Crippen LogP contribution in [-0.2, 0) is 21.7 Å². The van der Waals surface area contributed by atoms with Crippen LogP contribution < -0.4 is 26.2 Å². The molecule has 2 aliphatic heterocycles. The molecule has 0 aliphatic carbocycles. The lowest BCUT2D eigenvalue weighted by molar-refractivity contribution is 0.569. The fourth-order valence-electron chi connectivity index (χ4n) is 15.7. The summed E-state index contributed by atoms with van der Waals surface area (Å²) in [5, 5.41) is -0.276. The molecular weight excluding hydrogens is 1330 g/mol. The van der Waals surface area contributed by atoms with Gasteiger partial charge in [0, 0.05) is 72.6 Å². The SMILES string of the molecule is [2H]c1c([2H])c([2H])c(-c2nc(-c3cc(C(C)(C)C)cc(-c4ccccc4)c3N3c4cc(-n5c6c([2H])c([2H])c([2H])c([2H])c6c6c([2H])c([2H])c([2H])c([2H])c65)ccc4B4c5ccc(-c6ccccc6)cc5N(c5c(-c6ccccc6)cc(C(C)(C)C)cc5-c5ccccc5)c5cc(-c6cc(C(C)(C)C)cc(C(C)(C)C)c6)cc3c54)nc(-c3c([2H])c([2H])c([2H])c([2H])c3[2H])n2)c([2H])c1[2H]. The van der Waals surface area contributed by atoms with E-state index in [9.17, 15) is 21.9 Å². The number of fused-ring (bicyclic) bond motifs is 7. The van der Waals surface area contributed by atoms with Crippen molar-refractivity contribution >= 4 is 79.0 Å². The van der Waals surface area contributed by atoms with E-state index in [1.54, 1.807) is 0 Å². The largest absolute Gasteiger partial charge is 0.310 e. The third kappa shape index (κ3) is 12.3. The zero-order chi connectivity index (χ0) is 91.2. The predicted octanol–water partition coefficient (Wildman–Crippen LogP) is 25.6. The van der Waals surface area contributed by atoms with Crippen LogP contribution >= 0.6 is 0 Å². The smallest absolute Gasteiger partial charge is 0.252 e. The topological polar surface area (TPSA) is 50.1 Å². The molecule has 4 heterocycles. The molecule has 0 saturated carbocycles. The number of benzene rings is 14. The highest BCUT2D eigenvalue weighted by molar-refractivity contribution is 7.00. The first-order valence-corrected chi connectivity index (χ1v) is 37.3. The van der Waals surface area contributed by atoms with Crippen LogP contribution in [0.4, 0.5) is 34.1 Å². The Labute approximate surface area is 673 Å².